The number of hydrogen-bond donors (Lipinski definition) is 1. The zero-order chi connectivity index (χ0) is 11.5. The molecule has 2 rings (SSSR count). The molecule has 0 bridgehead atoms. The Bertz CT molecular complexity index is 474. The van der Waals surface area contributed by atoms with Gasteiger partial charge in [-0.05, 0) is 36.6 Å². The van der Waals surface area contributed by atoms with Crippen LogP contribution in [0.15, 0.2) is 42.7 Å². The van der Waals surface area contributed by atoms with Crippen LogP contribution in [-0.2, 0) is 0 Å². The number of nitrogens with zero attached hydrogens (tertiary/aromatic N) is 1. The van der Waals surface area contributed by atoms with Crippen molar-refractivity contribution >= 4 is 0 Å². The van der Waals surface area contributed by atoms with Gasteiger partial charge in [0.1, 0.15) is 0 Å². The van der Waals surface area contributed by atoms with Crippen LogP contribution in [0.3, 0.4) is 0 Å². The standard InChI is InChI=1S/C14H16N2/c1-10-3-5-12(6-4-10)14(15)13-9-16-8-7-11(13)2/h3-9,14H,15H2,1-2H3. The van der Waals surface area contributed by atoms with E-state index in [1.54, 1.807) is 6.20 Å². The molecular formula is C14H16N2. The highest BCUT2D eigenvalue weighted by molar-refractivity contribution is 5.35. The topological polar surface area (TPSA) is 38.9 Å². The first-order chi connectivity index (χ1) is 7.68. The molecule has 0 aliphatic heterocycles. The fourth-order valence-corrected chi connectivity index (χ4v) is 1.76. The third-order valence-electron chi connectivity index (χ3n) is 2.85. The molecule has 2 aromatic rings. The molecular weight excluding hydrogens is 196 g/mol. The van der Waals surface area contributed by atoms with E-state index >= 15 is 0 Å². The molecule has 0 saturated heterocycles. The van der Waals surface area contributed by atoms with Crippen molar-refractivity contribution in [3.8, 4) is 0 Å². The van der Waals surface area contributed by atoms with Crippen LogP contribution in [0, 0.1) is 13.8 Å². The highest BCUT2D eigenvalue weighted by atomic mass is 14.7. The summed E-state index contributed by atoms with van der Waals surface area (Å²) in [6.07, 6.45) is 3.64. The normalized spacial score (nSPS) is 12.4. The van der Waals surface area contributed by atoms with Crippen LogP contribution in [0.4, 0.5) is 0 Å². The summed E-state index contributed by atoms with van der Waals surface area (Å²) in [6, 6.07) is 10.2. The maximum absolute atomic E-state index is 6.23. The second kappa shape index (κ2) is 4.45. The van der Waals surface area contributed by atoms with E-state index in [0.29, 0.717) is 0 Å². The largest absolute Gasteiger partial charge is 0.320 e. The minimum atomic E-state index is -0.0886. The van der Waals surface area contributed by atoms with Crippen LogP contribution in [0.2, 0.25) is 0 Å². The molecule has 0 saturated carbocycles. The Labute approximate surface area is 96.1 Å². The predicted octanol–water partition coefficient (Wildman–Crippen LogP) is 2.75. The number of hydrogen-bond acceptors (Lipinski definition) is 2. The second-order valence-corrected chi connectivity index (χ2v) is 4.12. The van der Waals surface area contributed by atoms with Crippen LogP contribution in [-0.4, -0.2) is 4.98 Å². The van der Waals surface area contributed by atoms with Crippen LogP contribution in [0.25, 0.3) is 0 Å². The second-order valence-electron chi connectivity index (χ2n) is 4.12. The Kier molecular flexibility index (Phi) is 3.02. The molecule has 2 heteroatoms. The molecule has 1 heterocycles. The van der Waals surface area contributed by atoms with Crippen LogP contribution >= 0.6 is 0 Å². The minimum Gasteiger partial charge on any atom is -0.320 e. The lowest BCUT2D eigenvalue weighted by molar-refractivity contribution is 0.852. The number of aryl methyl sites for hydroxylation is 2. The average molecular weight is 212 g/mol. The third-order valence-corrected chi connectivity index (χ3v) is 2.85. The molecule has 1 unspecified atom stereocenters. The Hall–Kier alpha value is -1.67. The first kappa shape index (κ1) is 10.8. The Morgan fingerprint density at radius 3 is 2.38 bits per heavy atom. The van der Waals surface area contributed by atoms with Crippen molar-refractivity contribution in [1.82, 2.24) is 4.98 Å². The van der Waals surface area contributed by atoms with Gasteiger partial charge in [-0.2, -0.15) is 0 Å². The average Bonchev–Trinajstić information content (AvgIpc) is 2.30. The molecule has 82 valence electrons. The number of rotatable bonds is 2. The maximum Gasteiger partial charge on any atom is 0.0569 e. The van der Waals surface area contributed by atoms with Crippen LogP contribution < -0.4 is 5.73 Å². The van der Waals surface area contributed by atoms with Crippen molar-refractivity contribution < 1.29 is 0 Å². The summed E-state index contributed by atoms with van der Waals surface area (Å²) in [5.74, 6) is 0. The summed E-state index contributed by atoms with van der Waals surface area (Å²) in [4.78, 5) is 4.13. The monoisotopic (exact) mass is 212 g/mol. The summed E-state index contributed by atoms with van der Waals surface area (Å²) in [6.45, 7) is 4.13. The molecule has 0 fully saturated rings. The Morgan fingerprint density at radius 1 is 1.06 bits per heavy atom. The van der Waals surface area contributed by atoms with Gasteiger partial charge < -0.3 is 5.73 Å². The van der Waals surface area contributed by atoms with Crippen molar-refractivity contribution in [2.24, 2.45) is 5.73 Å². The van der Waals surface area contributed by atoms with Gasteiger partial charge in [0, 0.05) is 12.4 Å². The summed E-state index contributed by atoms with van der Waals surface area (Å²) >= 11 is 0. The first-order valence-electron chi connectivity index (χ1n) is 5.41. The lowest BCUT2D eigenvalue weighted by atomic mass is 9.97. The number of nitrogens with two attached hydrogens (primary N) is 1. The van der Waals surface area contributed by atoms with Crippen LogP contribution in [0.5, 0.6) is 0 Å². The van der Waals surface area contributed by atoms with Gasteiger partial charge in [-0.25, -0.2) is 0 Å². The third kappa shape index (κ3) is 2.12. The van der Waals surface area contributed by atoms with Crippen molar-refractivity contribution in [2.45, 2.75) is 19.9 Å². The van der Waals surface area contributed by atoms with Crippen LogP contribution in [0.1, 0.15) is 28.3 Å². The fraction of sp³-hybridized carbons (Fsp3) is 0.214. The first-order valence-corrected chi connectivity index (χ1v) is 5.41. The highest BCUT2D eigenvalue weighted by Crippen LogP contribution is 2.21. The molecule has 0 aliphatic carbocycles. The number of pyridine rings is 1. The molecule has 2 N–H and O–H groups in total. The SMILES string of the molecule is Cc1ccc(C(N)c2cnccc2C)cc1. The summed E-state index contributed by atoms with van der Waals surface area (Å²) in [5.41, 5.74) is 10.9. The van der Waals surface area contributed by atoms with E-state index in [9.17, 15) is 0 Å². The smallest absolute Gasteiger partial charge is 0.0569 e. The van der Waals surface area contributed by atoms with Gasteiger partial charge in [0.05, 0.1) is 6.04 Å². The Morgan fingerprint density at radius 2 is 1.75 bits per heavy atom. The quantitative estimate of drug-likeness (QED) is 0.831. The number of benzene rings is 1. The molecule has 1 atom stereocenters. The van der Waals surface area contributed by atoms with E-state index in [1.165, 1.54) is 11.1 Å². The molecule has 16 heavy (non-hydrogen) atoms. The van der Waals surface area contributed by atoms with Crippen molar-refractivity contribution in [2.75, 3.05) is 0 Å². The maximum atomic E-state index is 6.23. The van der Waals surface area contributed by atoms with Gasteiger partial charge in [0.25, 0.3) is 0 Å². The van der Waals surface area contributed by atoms with Crippen molar-refractivity contribution in [3.05, 3.63) is 65.0 Å². The number of aromatic nitrogens is 1. The molecule has 1 aromatic carbocycles. The van der Waals surface area contributed by atoms with Crippen molar-refractivity contribution in [3.63, 3.8) is 0 Å². The van der Waals surface area contributed by atoms with Gasteiger partial charge in [0.15, 0.2) is 0 Å². The van der Waals surface area contributed by atoms with Gasteiger partial charge in [-0.1, -0.05) is 29.8 Å². The minimum absolute atomic E-state index is 0.0886. The zero-order valence-corrected chi connectivity index (χ0v) is 9.64. The molecule has 0 amide bonds. The van der Waals surface area contributed by atoms with E-state index in [4.69, 9.17) is 5.73 Å². The van der Waals surface area contributed by atoms with Gasteiger partial charge >= 0.3 is 0 Å². The lowest BCUT2D eigenvalue weighted by Gasteiger charge is -2.14. The van der Waals surface area contributed by atoms with Gasteiger partial charge in [0.2, 0.25) is 0 Å². The van der Waals surface area contributed by atoms with E-state index in [-0.39, 0.29) is 6.04 Å². The summed E-state index contributed by atoms with van der Waals surface area (Å²) in [7, 11) is 0. The highest BCUT2D eigenvalue weighted by Gasteiger charge is 2.10. The zero-order valence-electron chi connectivity index (χ0n) is 9.64. The van der Waals surface area contributed by atoms with E-state index < -0.39 is 0 Å². The summed E-state index contributed by atoms with van der Waals surface area (Å²) in [5, 5.41) is 0. The fourth-order valence-electron chi connectivity index (χ4n) is 1.76. The summed E-state index contributed by atoms with van der Waals surface area (Å²) < 4.78 is 0. The molecule has 1 aromatic heterocycles. The van der Waals surface area contributed by atoms with E-state index in [0.717, 1.165) is 11.1 Å². The lowest BCUT2D eigenvalue weighted by Crippen LogP contribution is -2.13. The van der Waals surface area contributed by atoms with Crippen molar-refractivity contribution in [1.29, 1.82) is 0 Å². The van der Waals surface area contributed by atoms with E-state index in [1.807, 2.05) is 12.3 Å². The molecule has 0 spiro atoms. The Balaban J connectivity index is 2.35. The molecule has 0 radical (unpaired) electrons. The molecule has 0 aliphatic rings. The predicted molar refractivity (Wildman–Crippen MR) is 66.2 cm³/mol. The van der Waals surface area contributed by atoms with E-state index in [2.05, 4.69) is 43.1 Å². The van der Waals surface area contributed by atoms with Gasteiger partial charge in [-0.15, -0.1) is 0 Å². The van der Waals surface area contributed by atoms with Gasteiger partial charge in [-0.3, -0.25) is 4.98 Å². The molecule has 2 nitrogen and oxygen atoms in total.